The van der Waals surface area contributed by atoms with Gasteiger partial charge in [0.25, 0.3) is 0 Å². The fourth-order valence-corrected chi connectivity index (χ4v) is 0.946. The van der Waals surface area contributed by atoms with E-state index in [0.29, 0.717) is 5.82 Å². The van der Waals surface area contributed by atoms with Crippen LogP contribution in [0.3, 0.4) is 0 Å². The molecule has 60 valence electrons. The van der Waals surface area contributed by atoms with Gasteiger partial charge in [0.05, 0.1) is 5.69 Å². The van der Waals surface area contributed by atoms with Crippen LogP contribution in [0, 0.1) is 0 Å². The summed E-state index contributed by atoms with van der Waals surface area (Å²) >= 11 is 0. The lowest BCUT2D eigenvalue weighted by Gasteiger charge is -1.89. The Labute approximate surface area is 66.3 Å². The van der Waals surface area contributed by atoms with Crippen molar-refractivity contribution in [1.29, 1.82) is 0 Å². The molecule has 1 rings (SSSR count). The van der Waals surface area contributed by atoms with Crippen LogP contribution in [0.1, 0.15) is 18.4 Å². The van der Waals surface area contributed by atoms with Crippen LogP contribution in [0.2, 0.25) is 0 Å². The van der Waals surface area contributed by atoms with Crippen LogP contribution in [-0.2, 0) is 12.8 Å². The topological polar surface area (TPSA) is 54.7 Å². The summed E-state index contributed by atoms with van der Waals surface area (Å²) in [7, 11) is 0. The minimum Gasteiger partial charge on any atom is -0.382 e. The zero-order valence-corrected chi connectivity index (χ0v) is 6.72. The largest absolute Gasteiger partial charge is 0.382 e. The molecule has 0 unspecified atom stereocenters. The van der Waals surface area contributed by atoms with Crippen molar-refractivity contribution in [3.8, 4) is 0 Å². The van der Waals surface area contributed by atoms with Crippen LogP contribution in [0.5, 0.6) is 0 Å². The molecule has 0 aliphatic rings. The van der Waals surface area contributed by atoms with E-state index in [9.17, 15) is 0 Å². The second-order valence-corrected chi connectivity index (χ2v) is 2.39. The average Bonchev–Trinajstić information content (AvgIpc) is 2.33. The van der Waals surface area contributed by atoms with E-state index < -0.39 is 0 Å². The number of H-pyrrole nitrogens is 1. The Balaban J connectivity index is 2.87. The maximum Gasteiger partial charge on any atom is 0.145 e. The van der Waals surface area contributed by atoms with Crippen LogP contribution in [0.4, 0.5) is 5.82 Å². The number of rotatable bonds is 3. The number of allylic oxidation sites excluding steroid dienone is 1. The Hall–Kier alpha value is -1.25. The van der Waals surface area contributed by atoms with Gasteiger partial charge in [-0.1, -0.05) is 13.0 Å². The number of nitrogens with one attached hydrogen (secondary N) is 1. The van der Waals surface area contributed by atoms with Crippen molar-refractivity contribution in [2.75, 3.05) is 5.73 Å². The number of nitrogens with two attached hydrogens (primary N) is 1. The van der Waals surface area contributed by atoms with E-state index in [4.69, 9.17) is 5.73 Å². The van der Waals surface area contributed by atoms with Crippen molar-refractivity contribution in [2.24, 2.45) is 0 Å². The lowest BCUT2D eigenvalue weighted by molar-refractivity contribution is 0.975. The van der Waals surface area contributed by atoms with Crippen LogP contribution in [0.15, 0.2) is 12.7 Å². The second-order valence-electron chi connectivity index (χ2n) is 2.39. The molecule has 0 aliphatic carbocycles. The van der Waals surface area contributed by atoms with E-state index in [0.717, 1.165) is 24.4 Å². The third-order valence-electron chi connectivity index (χ3n) is 1.54. The highest BCUT2D eigenvalue weighted by Crippen LogP contribution is 2.09. The quantitative estimate of drug-likeness (QED) is 0.639. The lowest BCUT2D eigenvalue weighted by Crippen LogP contribution is -1.90. The summed E-state index contributed by atoms with van der Waals surface area (Å²) in [5.41, 5.74) is 6.58. The van der Waals surface area contributed by atoms with Gasteiger partial charge in [0.1, 0.15) is 11.6 Å². The Morgan fingerprint density at radius 3 is 2.91 bits per heavy atom. The first kappa shape index (κ1) is 7.85. The standard InChI is InChI=1S/C8H13N3/c1-3-5-6-8(9)11-7(4-2)10-6/h3H,1,4-5,9H2,2H3,(H,10,11). The summed E-state index contributed by atoms with van der Waals surface area (Å²) in [5, 5.41) is 0. The summed E-state index contributed by atoms with van der Waals surface area (Å²) in [5.74, 6) is 1.54. The zero-order chi connectivity index (χ0) is 8.27. The van der Waals surface area contributed by atoms with Gasteiger partial charge in [-0.2, -0.15) is 0 Å². The first-order valence-electron chi connectivity index (χ1n) is 3.72. The van der Waals surface area contributed by atoms with Gasteiger partial charge < -0.3 is 10.7 Å². The van der Waals surface area contributed by atoms with Gasteiger partial charge in [-0.3, -0.25) is 0 Å². The van der Waals surface area contributed by atoms with Crippen molar-refractivity contribution in [3.63, 3.8) is 0 Å². The number of aromatic nitrogens is 2. The minimum absolute atomic E-state index is 0.599. The first-order chi connectivity index (χ1) is 5.27. The molecule has 0 bridgehead atoms. The summed E-state index contributed by atoms with van der Waals surface area (Å²) in [4.78, 5) is 7.25. The minimum atomic E-state index is 0.599. The monoisotopic (exact) mass is 151 g/mol. The lowest BCUT2D eigenvalue weighted by atomic mass is 10.3. The molecule has 11 heavy (non-hydrogen) atoms. The van der Waals surface area contributed by atoms with Crippen molar-refractivity contribution >= 4 is 5.82 Å². The zero-order valence-electron chi connectivity index (χ0n) is 6.72. The van der Waals surface area contributed by atoms with Crippen LogP contribution in [0.25, 0.3) is 0 Å². The molecular weight excluding hydrogens is 138 g/mol. The molecule has 3 nitrogen and oxygen atoms in total. The van der Waals surface area contributed by atoms with Crippen molar-refractivity contribution in [3.05, 3.63) is 24.2 Å². The maximum atomic E-state index is 5.61. The van der Waals surface area contributed by atoms with Crippen LogP contribution >= 0.6 is 0 Å². The Kier molecular flexibility index (Phi) is 2.31. The molecule has 0 saturated carbocycles. The molecular formula is C8H13N3. The molecule has 0 atom stereocenters. The average molecular weight is 151 g/mol. The van der Waals surface area contributed by atoms with E-state index in [2.05, 4.69) is 16.5 Å². The fraction of sp³-hybridized carbons (Fsp3) is 0.375. The molecule has 0 radical (unpaired) electrons. The van der Waals surface area contributed by atoms with Gasteiger partial charge in [0.2, 0.25) is 0 Å². The molecule has 1 heterocycles. The first-order valence-corrected chi connectivity index (χ1v) is 3.72. The summed E-state index contributed by atoms with van der Waals surface area (Å²) in [6, 6.07) is 0. The van der Waals surface area contributed by atoms with Gasteiger partial charge in [-0.05, 0) is 0 Å². The fourth-order valence-electron chi connectivity index (χ4n) is 0.946. The van der Waals surface area contributed by atoms with Crippen molar-refractivity contribution in [2.45, 2.75) is 19.8 Å². The summed E-state index contributed by atoms with van der Waals surface area (Å²) in [6.45, 7) is 5.67. The molecule has 0 aliphatic heterocycles. The van der Waals surface area contributed by atoms with Crippen molar-refractivity contribution in [1.82, 2.24) is 9.97 Å². The third kappa shape index (κ3) is 1.61. The second kappa shape index (κ2) is 3.23. The van der Waals surface area contributed by atoms with E-state index in [1.54, 1.807) is 0 Å². The van der Waals surface area contributed by atoms with Crippen molar-refractivity contribution < 1.29 is 0 Å². The number of aryl methyl sites for hydroxylation is 1. The Bertz CT molecular complexity index is 250. The molecule has 0 fully saturated rings. The highest BCUT2D eigenvalue weighted by Gasteiger charge is 2.02. The maximum absolute atomic E-state index is 5.61. The number of hydrogen-bond donors (Lipinski definition) is 2. The van der Waals surface area contributed by atoms with E-state index >= 15 is 0 Å². The Morgan fingerprint density at radius 2 is 2.45 bits per heavy atom. The highest BCUT2D eigenvalue weighted by atomic mass is 15.0. The number of anilines is 1. The molecule has 0 amide bonds. The number of hydrogen-bond acceptors (Lipinski definition) is 2. The number of nitrogens with zero attached hydrogens (tertiary/aromatic N) is 1. The van der Waals surface area contributed by atoms with E-state index in [1.165, 1.54) is 0 Å². The molecule has 1 aromatic rings. The summed E-state index contributed by atoms with van der Waals surface area (Å²) < 4.78 is 0. The SMILES string of the molecule is C=CCc1[nH]c(CC)nc1N. The normalized spacial score (nSPS) is 9.91. The van der Waals surface area contributed by atoms with Crippen LogP contribution < -0.4 is 5.73 Å². The van der Waals surface area contributed by atoms with Gasteiger partial charge in [0.15, 0.2) is 0 Å². The van der Waals surface area contributed by atoms with E-state index in [1.807, 2.05) is 13.0 Å². The third-order valence-corrected chi connectivity index (χ3v) is 1.54. The predicted octanol–water partition coefficient (Wildman–Crippen LogP) is 1.28. The van der Waals surface area contributed by atoms with Gasteiger partial charge in [0, 0.05) is 12.8 Å². The Morgan fingerprint density at radius 1 is 1.73 bits per heavy atom. The molecule has 0 aromatic carbocycles. The molecule has 0 saturated heterocycles. The number of imidazole rings is 1. The van der Waals surface area contributed by atoms with E-state index in [-0.39, 0.29) is 0 Å². The number of nitrogen functional groups attached to an aromatic ring is 1. The summed E-state index contributed by atoms with van der Waals surface area (Å²) in [6.07, 6.45) is 3.46. The van der Waals surface area contributed by atoms with Crippen LogP contribution in [-0.4, -0.2) is 9.97 Å². The van der Waals surface area contributed by atoms with Gasteiger partial charge in [-0.15, -0.1) is 6.58 Å². The molecule has 3 N–H and O–H groups in total. The molecule has 0 spiro atoms. The smallest absolute Gasteiger partial charge is 0.145 e. The predicted molar refractivity (Wildman–Crippen MR) is 46.3 cm³/mol. The molecule has 3 heteroatoms. The van der Waals surface area contributed by atoms with Gasteiger partial charge in [-0.25, -0.2) is 4.98 Å². The molecule has 1 aromatic heterocycles. The number of aromatic amines is 1. The highest BCUT2D eigenvalue weighted by molar-refractivity contribution is 5.36. The van der Waals surface area contributed by atoms with Gasteiger partial charge >= 0.3 is 0 Å².